The van der Waals surface area contributed by atoms with Gasteiger partial charge in [-0.3, -0.25) is 9.97 Å². The predicted molar refractivity (Wildman–Crippen MR) is 103 cm³/mol. The number of pyridine rings is 2. The van der Waals surface area contributed by atoms with Gasteiger partial charge >= 0.3 is 0 Å². The van der Waals surface area contributed by atoms with Crippen molar-refractivity contribution in [3.05, 3.63) is 63.4 Å². The normalized spacial score (nSPS) is 10.8. The van der Waals surface area contributed by atoms with Crippen molar-refractivity contribution in [1.82, 2.24) is 19.9 Å². The molecule has 0 saturated heterocycles. The van der Waals surface area contributed by atoms with Gasteiger partial charge in [0.05, 0.1) is 16.8 Å². The Morgan fingerprint density at radius 3 is 2.76 bits per heavy atom. The second kappa shape index (κ2) is 6.39. The number of aromatic amines is 1. The average molecular weight is 455 g/mol. The first kappa shape index (κ1) is 15.9. The highest BCUT2D eigenvalue weighted by Crippen LogP contribution is 2.32. The average Bonchev–Trinajstić information content (AvgIpc) is 3.06. The molecule has 3 heterocycles. The Morgan fingerprint density at radius 1 is 1.12 bits per heavy atom. The summed E-state index contributed by atoms with van der Waals surface area (Å²) in [5.74, 6) is 0.623. The molecule has 1 aromatic carbocycles. The number of H-pyrrole nitrogens is 1. The van der Waals surface area contributed by atoms with Crippen LogP contribution in [0.1, 0.15) is 5.56 Å². The van der Waals surface area contributed by atoms with Crippen LogP contribution >= 0.6 is 31.9 Å². The van der Waals surface area contributed by atoms with Crippen molar-refractivity contribution < 1.29 is 0 Å². The van der Waals surface area contributed by atoms with E-state index in [1.807, 2.05) is 24.3 Å². The lowest BCUT2D eigenvalue weighted by Gasteiger charge is -2.06. The second-order valence-corrected chi connectivity index (χ2v) is 7.07. The molecule has 0 radical (unpaired) electrons. The summed E-state index contributed by atoms with van der Waals surface area (Å²) in [6, 6.07) is 11.6. The van der Waals surface area contributed by atoms with E-state index in [-0.39, 0.29) is 0 Å². The maximum absolute atomic E-state index is 9.73. The molecular weight excluding hydrogens is 446 g/mol. The molecule has 1 N–H and O–H groups in total. The number of hydrogen-bond donors (Lipinski definition) is 1. The number of imidazole rings is 1. The van der Waals surface area contributed by atoms with E-state index in [2.05, 4.69) is 57.9 Å². The molecule has 5 nitrogen and oxygen atoms in total. The number of halogens is 2. The molecule has 4 aromatic rings. The van der Waals surface area contributed by atoms with Gasteiger partial charge in [-0.25, -0.2) is 4.98 Å². The van der Waals surface area contributed by atoms with Crippen molar-refractivity contribution in [3.8, 4) is 28.7 Å². The molecule has 0 aliphatic heterocycles. The molecule has 4 rings (SSSR count). The number of hydrogen-bond acceptors (Lipinski definition) is 4. The van der Waals surface area contributed by atoms with Crippen molar-refractivity contribution in [2.75, 3.05) is 0 Å². The van der Waals surface area contributed by atoms with Crippen molar-refractivity contribution in [3.63, 3.8) is 0 Å². The number of nitrogens with zero attached hydrogens (tertiary/aromatic N) is 4. The summed E-state index contributed by atoms with van der Waals surface area (Å²) in [7, 11) is 0. The van der Waals surface area contributed by atoms with Crippen LogP contribution < -0.4 is 0 Å². The maximum atomic E-state index is 9.73. The third kappa shape index (κ3) is 2.84. The molecule has 0 aliphatic rings. The van der Waals surface area contributed by atoms with Crippen LogP contribution in [0.25, 0.3) is 33.7 Å². The summed E-state index contributed by atoms with van der Waals surface area (Å²) in [6.07, 6.45) is 5.06. The fourth-order valence-electron chi connectivity index (χ4n) is 2.66. The number of nitrogens with one attached hydrogen (secondary N) is 1. The minimum Gasteiger partial charge on any atom is -0.338 e. The van der Waals surface area contributed by atoms with Gasteiger partial charge in [-0.15, -0.1) is 0 Å². The Kier molecular flexibility index (Phi) is 4.07. The van der Waals surface area contributed by atoms with Crippen LogP contribution in [0.2, 0.25) is 0 Å². The molecule has 120 valence electrons. The van der Waals surface area contributed by atoms with E-state index in [4.69, 9.17) is 0 Å². The van der Waals surface area contributed by atoms with E-state index in [0.29, 0.717) is 22.6 Å². The Labute approximate surface area is 160 Å². The lowest BCUT2D eigenvalue weighted by atomic mass is 10.0. The molecule has 0 saturated carbocycles. The van der Waals surface area contributed by atoms with Gasteiger partial charge in [0.15, 0.2) is 0 Å². The zero-order valence-electron chi connectivity index (χ0n) is 12.7. The van der Waals surface area contributed by atoms with Crippen molar-refractivity contribution in [1.29, 1.82) is 5.26 Å². The number of nitriles is 1. The Morgan fingerprint density at radius 2 is 2.00 bits per heavy atom. The van der Waals surface area contributed by atoms with E-state index in [1.165, 1.54) is 0 Å². The largest absolute Gasteiger partial charge is 0.338 e. The van der Waals surface area contributed by atoms with E-state index in [0.717, 1.165) is 25.5 Å². The van der Waals surface area contributed by atoms with Gasteiger partial charge in [-0.1, -0.05) is 15.9 Å². The molecule has 25 heavy (non-hydrogen) atoms. The standard InChI is InChI=1S/C18H9Br2N5/c19-11-6-14(20)17-15(7-11)24-18(25-17)12-3-5-23-16(13(12)8-21)10-2-1-4-22-9-10/h1-7,9H,(H,24,25). The van der Waals surface area contributed by atoms with Crippen LogP contribution in [-0.4, -0.2) is 19.9 Å². The summed E-state index contributed by atoms with van der Waals surface area (Å²) in [6.45, 7) is 0. The summed E-state index contributed by atoms with van der Waals surface area (Å²) in [4.78, 5) is 16.4. The summed E-state index contributed by atoms with van der Waals surface area (Å²) in [5.41, 5.74) is 4.23. The minimum atomic E-state index is 0.463. The third-order valence-corrected chi connectivity index (χ3v) is 4.82. The van der Waals surface area contributed by atoms with E-state index in [1.54, 1.807) is 24.7 Å². The fourth-order valence-corrected chi connectivity index (χ4v) is 3.98. The second-order valence-electron chi connectivity index (χ2n) is 5.30. The molecule has 0 atom stereocenters. The number of fused-ring (bicyclic) bond motifs is 1. The van der Waals surface area contributed by atoms with E-state index >= 15 is 0 Å². The monoisotopic (exact) mass is 453 g/mol. The molecule has 3 aromatic heterocycles. The van der Waals surface area contributed by atoms with Crippen LogP contribution in [0, 0.1) is 11.3 Å². The van der Waals surface area contributed by atoms with Crippen molar-refractivity contribution >= 4 is 42.9 Å². The molecule has 0 unspecified atom stereocenters. The highest BCUT2D eigenvalue weighted by molar-refractivity contribution is 9.11. The number of benzene rings is 1. The van der Waals surface area contributed by atoms with Crippen molar-refractivity contribution in [2.45, 2.75) is 0 Å². The van der Waals surface area contributed by atoms with Crippen molar-refractivity contribution in [2.24, 2.45) is 0 Å². The quantitative estimate of drug-likeness (QED) is 0.457. The first-order chi connectivity index (χ1) is 12.2. The lowest BCUT2D eigenvalue weighted by Crippen LogP contribution is -1.94. The van der Waals surface area contributed by atoms with Crippen LogP contribution in [0.3, 0.4) is 0 Å². The van der Waals surface area contributed by atoms with Gasteiger partial charge in [0, 0.05) is 38.7 Å². The lowest BCUT2D eigenvalue weighted by molar-refractivity contribution is 1.24. The molecule has 0 spiro atoms. The zero-order valence-corrected chi connectivity index (χ0v) is 15.8. The summed E-state index contributed by atoms with van der Waals surface area (Å²) >= 11 is 6.99. The molecule has 0 amide bonds. The van der Waals surface area contributed by atoms with Crippen LogP contribution in [0.5, 0.6) is 0 Å². The Hall–Kier alpha value is -2.56. The number of rotatable bonds is 2. The van der Waals surface area contributed by atoms with Gasteiger partial charge < -0.3 is 4.98 Å². The molecule has 0 aliphatic carbocycles. The first-order valence-corrected chi connectivity index (χ1v) is 8.90. The number of aromatic nitrogens is 4. The topological polar surface area (TPSA) is 78.2 Å². The third-order valence-electron chi connectivity index (χ3n) is 3.76. The zero-order chi connectivity index (χ0) is 17.4. The van der Waals surface area contributed by atoms with Gasteiger partial charge in [0.25, 0.3) is 0 Å². The van der Waals surface area contributed by atoms with Gasteiger partial charge in [-0.05, 0) is 46.3 Å². The van der Waals surface area contributed by atoms with E-state index < -0.39 is 0 Å². The van der Waals surface area contributed by atoms with Crippen LogP contribution in [0.4, 0.5) is 0 Å². The van der Waals surface area contributed by atoms with Crippen LogP contribution in [-0.2, 0) is 0 Å². The highest BCUT2D eigenvalue weighted by Gasteiger charge is 2.16. The van der Waals surface area contributed by atoms with E-state index in [9.17, 15) is 5.26 Å². The molecule has 7 heteroatoms. The SMILES string of the molecule is N#Cc1c(-c2nc3c(Br)cc(Br)cc3[nH]2)ccnc1-c1cccnc1. The summed E-state index contributed by atoms with van der Waals surface area (Å²) < 4.78 is 1.81. The van der Waals surface area contributed by atoms with Gasteiger partial charge in [0.2, 0.25) is 0 Å². The molecule has 0 fully saturated rings. The maximum Gasteiger partial charge on any atom is 0.140 e. The van der Waals surface area contributed by atoms with Crippen LogP contribution in [0.15, 0.2) is 57.9 Å². The minimum absolute atomic E-state index is 0.463. The Bertz CT molecular complexity index is 1130. The molecular formula is C18H9Br2N5. The fraction of sp³-hybridized carbons (Fsp3) is 0. The van der Waals surface area contributed by atoms with Gasteiger partial charge in [-0.2, -0.15) is 5.26 Å². The first-order valence-electron chi connectivity index (χ1n) is 7.32. The predicted octanol–water partition coefficient (Wildman–Crippen LogP) is 5.08. The Balaban J connectivity index is 1.95. The van der Waals surface area contributed by atoms with Gasteiger partial charge in [0.1, 0.15) is 17.4 Å². The highest BCUT2D eigenvalue weighted by atomic mass is 79.9. The molecule has 0 bridgehead atoms. The smallest absolute Gasteiger partial charge is 0.140 e. The summed E-state index contributed by atoms with van der Waals surface area (Å²) in [5, 5.41) is 9.73.